The molecule has 1 saturated heterocycles. The van der Waals surface area contributed by atoms with Gasteiger partial charge in [0, 0.05) is 24.7 Å². The van der Waals surface area contributed by atoms with E-state index in [9.17, 15) is 0 Å². The zero-order valence-electron chi connectivity index (χ0n) is 12.2. The van der Waals surface area contributed by atoms with Gasteiger partial charge in [0.15, 0.2) is 0 Å². The van der Waals surface area contributed by atoms with Gasteiger partial charge in [-0.3, -0.25) is 4.90 Å². The molecule has 2 aliphatic carbocycles. The average molecular weight is 250 g/mol. The Hall–Kier alpha value is -0.0800. The highest BCUT2D eigenvalue weighted by atomic mass is 15.2. The molecule has 0 aromatic carbocycles. The molecule has 2 saturated carbocycles. The molecule has 0 spiro atoms. The fraction of sp³-hybridized carbons (Fsp3) is 1.00. The lowest BCUT2D eigenvalue weighted by atomic mass is 9.73. The third-order valence-electron chi connectivity index (χ3n) is 5.42. The second kappa shape index (κ2) is 5.50. The van der Waals surface area contributed by atoms with Crippen molar-refractivity contribution in [3.05, 3.63) is 0 Å². The van der Waals surface area contributed by atoms with Crippen LogP contribution < -0.4 is 5.32 Å². The van der Waals surface area contributed by atoms with Crippen molar-refractivity contribution < 1.29 is 0 Å². The molecule has 1 atom stereocenters. The van der Waals surface area contributed by atoms with Gasteiger partial charge in [-0.25, -0.2) is 0 Å². The van der Waals surface area contributed by atoms with Crippen LogP contribution in [-0.2, 0) is 0 Å². The molecule has 18 heavy (non-hydrogen) atoms. The molecule has 0 aromatic heterocycles. The van der Waals surface area contributed by atoms with Gasteiger partial charge in [-0.2, -0.15) is 0 Å². The van der Waals surface area contributed by atoms with Crippen molar-refractivity contribution in [2.24, 2.45) is 11.8 Å². The highest BCUT2D eigenvalue weighted by molar-refractivity contribution is 4.97. The van der Waals surface area contributed by atoms with Crippen molar-refractivity contribution in [3.8, 4) is 0 Å². The Kier molecular flexibility index (Phi) is 3.95. The second-order valence-electron chi connectivity index (χ2n) is 7.20. The SMILES string of the molecule is CC(C)C1CC(N(CC2CCCCN2)C2CC2)C1. The molecule has 104 valence electrons. The van der Waals surface area contributed by atoms with Gasteiger partial charge < -0.3 is 5.32 Å². The number of piperidine rings is 1. The van der Waals surface area contributed by atoms with Gasteiger partial charge in [-0.1, -0.05) is 20.3 Å². The summed E-state index contributed by atoms with van der Waals surface area (Å²) in [6, 6.07) is 2.66. The molecule has 3 fully saturated rings. The molecule has 3 rings (SSSR count). The van der Waals surface area contributed by atoms with Gasteiger partial charge in [-0.15, -0.1) is 0 Å². The largest absolute Gasteiger partial charge is 0.313 e. The van der Waals surface area contributed by atoms with Crippen LogP contribution in [-0.4, -0.2) is 36.1 Å². The zero-order valence-corrected chi connectivity index (χ0v) is 12.2. The number of rotatable bonds is 5. The van der Waals surface area contributed by atoms with E-state index in [1.54, 1.807) is 0 Å². The molecule has 0 amide bonds. The number of nitrogens with one attached hydrogen (secondary N) is 1. The molecular weight excluding hydrogens is 220 g/mol. The van der Waals surface area contributed by atoms with E-state index in [0.29, 0.717) is 0 Å². The molecule has 1 aliphatic heterocycles. The Morgan fingerprint density at radius 1 is 1.06 bits per heavy atom. The molecule has 3 aliphatic rings. The van der Waals surface area contributed by atoms with Gasteiger partial charge in [0.1, 0.15) is 0 Å². The molecule has 0 aromatic rings. The Labute approximate surface area is 113 Å². The predicted molar refractivity (Wildman–Crippen MR) is 76.7 cm³/mol. The van der Waals surface area contributed by atoms with Crippen molar-refractivity contribution in [2.75, 3.05) is 13.1 Å². The van der Waals surface area contributed by atoms with Gasteiger partial charge >= 0.3 is 0 Å². The maximum atomic E-state index is 3.73. The van der Waals surface area contributed by atoms with Crippen molar-refractivity contribution in [1.29, 1.82) is 0 Å². The zero-order chi connectivity index (χ0) is 12.5. The highest BCUT2D eigenvalue weighted by Gasteiger charge is 2.41. The first-order chi connectivity index (χ1) is 8.74. The minimum atomic E-state index is 0.789. The lowest BCUT2D eigenvalue weighted by Gasteiger charge is -2.46. The fourth-order valence-electron chi connectivity index (χ4n) is 3.78. The summed E-state index contributed by atoms with van der Waals surface area (Å²) >= 11 is 0. The van der Waals surface area contributed by atoms with E-state index in [1.807, 2.05) is 0 Å². The van der Waals surface area contributed by atoms with Crippen LogP contribution in [0.25, 0.3) is 0 Å². The van der Waals surface area contributed by atoms with E-state index < -0.39 is 0 Å². The van der Waals surface area contributed by atoms with Crippen LogP contribution in [0.1, 0.15) is 58.8 Å². The topological polar surface area (TPSA) is 15.3 Å². The molecule has 1 N–H and O–H groups in total. The maximum absolute atomic E-state index is 3.73. The summed E-state index contributed by atoms with van der Waals surface area (Å²) in [4.78, 5) is 2.88. The Morgan fingerprint density at radius 2 is 1.83 bits per heavy atom. The summed E-state index contributed by atoms with van der Waals surface area (Å²) in [6.07, 6.45) is 10.1. The third-order valence-corrected chi connectivity index (χ3v) is 5.42. The first-order valence-electron chi connectivity index (χ1n) is 8.23. The van der Waals surface area contributed by atoms with Crippen molar-refractivity contribution in [2.45, 2.75) is 76.9 Å². The minimum absolute atomic E-state index is 0.789. The molecule has 1 heterocycles. The molecular formula is C16H30N2. The summed E-state index contributed by atoms with van der Waals surface area (Å²) < 4.78 is 0. The maximum Gasteiger partial charge on any atom is 0.0195 e. The Balaban J connectivity index is 1.50. The third kappa shape index (κ3) is 2.91. The predicted octanol–water partition coefficient (Wildman–Crippen LogP) is 3.03. The van der Waals surface area contributed by atoms with Crippen LogP contribution in [0.2, 0.25) is 0 Å². The summed E-state index contributed by atoms with van der Waals surface area (Å²) in [5.74, 6) is 1.91. The van der Waals surface area contributed by atoms with E-state index in [-0.39, 0.29) is 0 Å². The van der Waals surface area contributed by atoms with E-state index >= 15 is 0 Å². The normalized spacial score (nSPS) is 37.0. The van der Waals surface area contributed by atoms with Crippen LogP contribution in [0.15, 0.2) is 0 Å². The first kappa shape index (κ1) is 12.9. The molecule has 2 heteroatoms. The average Bonchev–Trinajstić information content (AvgIpc) is 3.10. The monoisotopic (exact) mass is 250 g/mol. The number of hydrogen-bond acceptors (Lipinski definition) is 2. The highest BCUT2D eigenvalue weighted by Crippen LogP contribution is 2.41. The van der Waals surface area contributed by atoms with Gasteiger partial charge in [0.25, 0.3) is 0 Å². The number of nitrogens with zero attached hydrogens (tertiary/aromatic N) is 1. The van der Waals surface area contributed by atoms with Crippen molar-refractivity contribution >= 4 is 0 Å². The summed E-state index contributed by atoms with van der Waals surface area (Å²) in [6.45, 7) is 7.37. The van der Waals surface area contributed by atoms with E-state index in [0.717, 1.165) is 30.0 Å². The van der Waals surface area contributed by atoms with Crippen LogP contribution in [0, 0.1) is 11.8 Å². The summed E-state index contributed by atoms with van der Waals surface area (Å²) in [5, 5.41) is 3.73. The van der Waals surface area contributed by atoms with Crippen LogP contribution in [0.4, 0.5) is 0 Å². The fourth-order valence-corrected chi connectivity index (χ4v) is 3.78. The van der Waals surface area contributed by atoms with E-state index in [4.69, 9.17) is 0 Å². The van der Waals surface area contributed by atoms with E-state index in [2.05, 4.69) is 24.1 Å². The lowest BCUT2D eigenvalue weighted by Crippen LogP contribution is -2.52. The van der Waals surface area contributed by atoms with Crippen LogP contribution in [0.3, 0.4) is 0 Å². The molecule has 0 bridgehead atoms. The summed E-state index contributed by atoms with van der Waals surface area (Å²) in [7, 11) is 0. The van der Waals surface area contributed by atoms with Crippen molar-refractivity contribution in [3.63, 3.8) is 0 Å². The Morgan fingerprint density at radius 3 is 2.39 bits per heavy atom. The minimum Gasteiger partial charge on any atom is -0.313 e. The summed E-state index contributed by atoms with van der Waals surface area (Å²) in [5.41, 5.74) is 0. The smallest absolute Gasteiger partial charge is 0.0195 e. The first-order valence-corrected chi connectivity index (χ1v) is 8.23. The molecule has 1 unspecified atom stereocenters. The van der Waals surface area contributed by atoms with Crippen molar-refractivity contribution in [1.82, 2.24) is 10.2 Å². The van der Waals surface area contributed by atoms with Gasteiger partial charge in [-0.05, 0) is 56.9 Å². The van der Waals surface area contributed by atoms with Crippen LogP contribution in [0.5, 0.6) is 0 Å². The van der Waals surface area contributed by atoms with Gasteiger partial charge in [0.05, 0.1) is 0 Å². The standard InChI is InChI=1S/C16H30N2/c1-12(2)13-9-16(10-13)18(15-6-7-15)11-14-5-3-4-8-17-14/h12-17H,3-11H2,1-2H3. The number of hydrogen-bond donors (Lipinski definition) is 1. The molecule has 0 radical (unpaired) electrons. The second-order valence-corrected chi connectivity index (χ2v) is 7.20. The lowest BCUT2D eigenvalue weighted by molar-refractivity contribution is 0.0403. The van der Waals surface area contributed by atoms with E-state index in [1.165, 1.54) is 58.0 Å². The van der Waals surface area contributed by atoms with Gasteiger partial charge in [0.2, 0.25) is 0 Å². The molecule has 2 nitrogen and oxygen atoms in total. The van der Waals surface area contributed by atoms with Crippen LogP contribution >= 0.6 is 0 Å². The Bertz CT molecular complexity index is 260. The quantitative estimate of drug-likeness (QED) is 0.807.